The van der Waals surface area contributed by atoms with Crippen LogP contribution in [-0.2, 0) is 0 Å². The zero-order valence-electron chi connectivity index (χ0n) is 13.4. The van der Waals surface area contributed by atoms with Gasteiger partial charge < -0.3 is 9.72 Å². The second-order valence-electron chi connectivity index (χ2n) is 5.66. The minimum Gasteiger partial charge on any atom is -0.491 e. The Morgan fingerprint density at radius 3 is 2.58 bits per heavy atom. The highest BCUT2D eigenvalue weighted by Crippen LogP contribution is 2.21. The highest BCUT2D eigenvalue weighted by Gasteiger charge is 2.06. The molecule has 0 spiro atoms. The standard InChI is InChI=1S/C19H17ClN2O2/c1-12(2)24-14-9-7-13(8-10-14)11-16(20)18-21-17-6-4-3-5-15(17)19(23)22-18/h3-12H,1-2H3,(H,21,22,23)/b16-11+. The van der Waals surface area contributed by atoms with Crippen molar-refractivity contribution in [2.75, 3.05) is 0 Å². The first-order chi connectivity index (χ1) is 11.5. The van der Waals surface area contributed by atoms with Crippen LogP contribution in [0, 0.1) is 0 Å². The van der Waals surface area contributed by atoms with Crippen molar-refractivity contribution < 1.29 is 4.74 Å². The molecule has 0 atom stereocenters. The number of ether oxygens (including phenoxy) is 1. The van der Waals surface area contributed by atoms with Crippen LogP contribution in [0.1, 0.15) is 25.2 Å². The second kappa shape index (κ2) is 6.89. The Balaban J connectivity index is 1.92. The van der Waals surface area contributed by atoms with Crippen molar-refractivity contribution in [2.45, 2.75) is 20.0 Å². The Morgan fingerprint density at radius 2 is 1.88 bits per heavy atom. The molecule has 0 unspecified atom stereocenters. The van der Waals surface area contributed by atoms with Crippen molar-refractivity contribution in [3.63, 3.8) is 0 Å². The predicted molar refractivity (Wildman–Crippen MR) is 98.3 cm³/mol. The van der Waals surface area contributed by atoms with Gasteiger partial charge in [0, 0.05) is 0 Å². The molecule has 122 valence electrons. The zero-order valence-corrected chi connectivity index (χ0v) is 14.2. The molecular formula is C19H17ClN2O2. The van der Waals surface area contributed by atoms with Crippen LogP contribution in [0.2, 0.25) is 0 Å². The average molecular weight is 341 g/mol. The van der Waals surface area contributed by atoms with E-state index in [1.165, 1.54) is 0 Å². The third-order valence-corrected chi connectivity index (χ3v) is 3.67. The summed E-state index contributed by atoms with van der Waals surface area (Å²) in [6.07, 6.45) is 1.88. The first-order valence-electron chi connectivity index (χ1n) is 7.66. The van der Waals surface area contributed by atoms with Crippen molar-refractivity contribution in [1.29, 1.82) is 0 Å². The van der Waals surface area contributed by atoms with Gasteiger partial charge in [-0.2, -0.15) is 0 Å². The number of hydrogen-bond acceptors (Lipinski definition) is 3. The lowest BCUT2D eigenvalue weighted by Crippen LogP contribution is -2.10. The van der Waals surface area contributed by atoms with Gasteiger partial charge >= 0.3 is 0 Å². The summed E-state index contributed by atoms with van der Waals surface area (Å²) in [5.74, 6) is 1.15. The molecule has 3 rings (SSSR count). The Bertz CT molecular complexity index is 943. The summed E-state index contributed by atoms with van der Waals surface area (Å²) >= 11 is 6.33. The predicted octanol–water partition coefficient (Wildman–Crippen LogP) is 4.45. The van der Waals surface area contributed by atoms with E-state index in [1.807, 2.05) is 44.2 Å². The van der Waals surface area contributed by atoms with Gasteiger partial charge in [-0.1, -0.05) is 35.9 Å². The molecule has 4 nitrogen and oxygen atoms in total. The van der Waals surface area contributed by atoms with E-state index in [4.69, 9.17) is 16.3 Å². The number of halogens is 1. The average Bonchev–Trinajstić information content (AvgIpc) is 2.56. The van der Waals surface area contributed by atoms with Gasteiger partial charge in [-0.05, 0) is 49.8 Å². The molecule has 3 aromatic rings. The molecule has 0 radical (unpaired) electrons. The fourth-order valence-electron chi connectivity index (χ4n) is 2.33. The molecule has 0 bridgehead atoms. The number of rotatable bonds is 4. The van der Waals surface area contributed by atoms with Gasteiger partial charge in [0.25, 0.3) is 5.56 Å². The summed E-state index contributed by atoms with van der Waals surface area (Å²) < 4.78 is 5.61. The maximum atomic E-state index is 12.1. The fraction of sp³-hybridized carbons (Fsp3) is 0.158. The van der Waals surface area contributed by atoms with Gasteiger partial charge in [0.15, 0.2) is 5.82 Å². The van der Waals surface area contributed by atoms with Crippen molar-refractivity contribution >= 4 is 33.6 Å². The van der Waals surface area contributed by atoms with Gasteiger partial charge in [0.1, 0.15) is 5.75 Å². The summed E-state index contributed by atoms with van der Waals surface area (Å²) in [6, 6.07) is 14.7. The first kappa shape index (κ1) is 16.3. The number of benzene rings is 2. The van der Waals surface area contributed by atoms with Gasteiger partial charge in [-0.15, -0.1) is 0 Å². The lowest BCUT2D eigenvalue weighted by Gasteiger charge is -2.09. The topological polar surface area (TPSA) is 55.0 Å². The van der Waals surface area contributed by atoms with E-state index in [-0.39, 0.29) is 11.7 Å². The molecule has 0 fully saturated rings. The minimum absolute atomic E-state index is 0.127. The Labute approximate surface area is 144 Å². The third-order valence-electron chi connectivity index (χ3n) is 3.38. The highest BCUT2D eigenvalue weighted by atomic mass is 35.5. The van der Waals surface area contributed by atoms with Crippen molar-refractivity contribution in [3.8, 4) is 5.75 Å². The second-order valence-corrected chi connectivity index (χ2v) is 6.07. The minimum atomic E-state index is -0.206. The first-order valence-corrected chi connectivity index (χ1v) is 8.04. The summed E-state index contributed by atoms with van der Waals surface area (Å²) in [4.78, 5) is 19.2. The number of fused-ring (bicyclic) bond motifs is 1. The van der Waals surface area contributed by atoms with Crippen LogP contribution >= 0.6 is 11.6 Å². The number of aromatic nitrogens is 2. The largest absolute Gasteiger partial charge is 0.491 e. The van der Waals surface area contributed by atoms with E-state index in [0.717, 1.165) is 11.3 Å². The summed E-state index contributed by atoms with van der Waals surface area (Å²) in [5, 5.41) is 0.913. The van der Waals surface area contributed by atoms with Crippen LogP contribution < -0.4 is 10.3 Å². The van der Waals surface area contributed by atoms with Crippen LogP contribution in [-0.4, -0.2) is 16.1 Å². The molecule has 1 heterocycles. The number of nitrogens with one attached hydrogen (secondary N) is 1. The third kappa shape index (κ3) is 3.66. The van der Waals surface area contributed by atoms with E-state index >= 15 is 0 Å². The van der Waals surface area contributed by atoms with E-state index in [2.05, 4.69) is 9.97 Å². The molecule has 0 amide bonds. The molecule has 0 saturated heterocycles. The number of para-hydroxylation sites is 1. The van der Waals surface area contributed by atoms with E-state index in [9.17, 15) is 4.79 Å². The maximum absolute atomic E-state index is 12.1. The van der Waals surface area contributed by atoms with E-state index in [0.29, 0.717) is 21.8 Å². The molecule has 5 heteroatoms. The number of aromatic amines is 1. The van der Waals surface area contributed by atoms with Crippen LogP contribution in [0.5, 0.6) is 5.75 Å². The van der Waals surface area contributed by atoms with Gasteiger partial charge in [-0.25, -0.2) is 4.98 Å². The van der Waals surface area contributed by atoms with Crippen molar-refractivity contribution in [3.05, 3.63) is 70.3 Å². The highest BCUT2D eigenvalue weighted by molar-refractivity contribution is 6.50. The normalized spacial score (nSPS) is 11.9. The smallest absolute Gasteiger partial charge is 0.259 e. The summed E-state index contributed by atoms with van der Waals surface area (Å²) in [6.45, 7) is 3.96. The number of H-pyrrole nitrogens is 1. The zero-order chi connectivity index (χ0) is 17.1. The quantitative estimate of drug-likeness (QED) is 0.763. The lowest BCUT2D eigenvalue weighted by atomic mass is 10.2. The van der Waals surface area contributed by atoms with E-state index < -0.39 is 0 Å². The van der Waals surface area contributed by atoms with E-state index in [1.54, 1.807) is 24.3 Å². The molecule has 2 aromatic carbocycles. The SMILES string of the molecule is CC(C)Oc1ccc(/C=C(/Cl)c2nc3ccccc3c(=O)[nH]2)cc1. The fourth-order valence-corrected chi connectivity index (χ4v) is 2.54. The maximum Gasteiger partial charge on any atom is 0.259 e. The van der Waals surface area contributed by atoms with Gasteiger partial charge in [-0.3, -0.25) is 4.79 Å². The number of hydrogen-bond donors (Lipinski definition) is 1. The Kier molecular flexibility index (Phi) is 4.67. The van der Waals surface area contributed by atoms with Crippen LogP contribution in [0.15, 0.2) is 53.3 Å². The monoisotopic (exact) mass is 340 g/mol. The molecule has 0 aliphatic rings. The van der Waals surface area contributed by atoms with Crippen LogP contribution in [0.25, 0.3) is 22.0 Å². The molecule has 0 aliphatic carbocycles. The lowest BCUT2D eigenvalue weighted by molar-refractivity contribution is 0.242. The Morgan fingerprint density at radius 1 is 1.17 bits per heavy atom. The molecule has 0 saturated carbocycles. The van der Waals surface area contributed by atoms with Gasteiger partial charge in [0.05, 0.1) is 22.0 Å². The molecule has 1 aromatic heterocycles. The van der Waals surface area contributed by atoms with Crippen molar-refractivity contribution in [2.24, 2.45) is 0 Å². The number of nitrogens with zero attached hydrogens (tertiary/aromatic N) is 1. The van der Waals surface area contributed by atoms with Crippen LogP contribution in [0.4, 0.5) is 0 Å². The van der Waals surface area contributed by atoms with Crippen molar-refractivity contribution in [1.82, 2.24) is 9.97 Å². The molecular weight excluding hydrogens is 324 g/mol. The molecule has 1 N–H and O–H groups in total. The van der Waals surface area contributed by atoms with Crippen LogP contribution in [0.3, 0.4) is 0 Å². The Hall–Kier alpha value is -2.59. The molecule has 0 aliphatic heterocycles. The molecule has 24 heavy (non-hydrogen) atoms. The summed E-state index contributed by atoms with van der Waals surface area (Å²) in [5.41, 5.74) is 1.30. The summed E-state index contributed by atoms with van der Waals surface area (Å²) in [7, 11) is 0. The van der Waals surface area contributed by atoms with Gasteiger partial charge in [0.2, 0.25) is 0 Å².